The van der Waals surface area contributed by atoms with E-state index in [0.29, 0.717) is 0 Å². The van der Waals surface area contributed by atoms with Crippen molar-refractivity contribution in [2.45, 2.75) is 26.9 Å². The van der Waals surface area contributed by atoms with Crippen LogP contribution in [0.4, 0.5) is 5.69 Å². The van der Waals surface area contributed by atoms with Gasteiger partial charge in [0.05, 0.1) is 24.3 Å². The molecule has 108 valence electrons. The summed E-state index contributed by atoms with van der Waals surface area (Å²) in [6.07, 6.45) is 3.73. The molecule has 3 rings (SSSR count). The van der Waals surface area contributed by atoms with Gasteiger partial charge in [-0.15, -0.1) is 5.10 Å². The Morgan fingerprint density at radius 1 is 1.29 bits per heavy atom. The SMILES string of the molecule is CCn1cncc1CNc1cccc(-n2nnnc2C)c1. The van der Waals surface area contributed by atoms with E-state index >= 15 is 0 Å². The highest BCUT2D eigenvalue weighted by atomic mass is 15.5. The lowest BCUT2D eigenvalue weighted by Crippen LogP contribution is -2.06. The van der Waals surface area contributed by atoms with Gasteiger partial charge < -0.3 is 9.88 Å². The standard InChI is InChI=1S/C14H17N7/c1-3-20-10-15-8-14(20)9-16-12-5-4-6-13(7-12)21-11(2)17-18-19-21/h4-8,10,16H,3,9H2,1-2H3. The van der Waals surface area contributed by atoms with Crippen LogP contribution in [0.5, 0.6) is 0 Å². The first-order valence-corrected chi connectivity index (χ1v) is 6.86. The number of rotatable bonds is 5. The minimum Gasteiger partial charge on any atom is -0.379 e. The number of tetrazole rings is 1. The molecule has 7 nitrogen and oxygen atoms in total. The van der Waals surface area contributed by atoms with Gasteiger partial charge >= 0.3 is 0 Å². The molecule has 0 unspecified atom stereocenters. The van der Waals surface area contributed by atoms with Crippen LogP contribution in [0.15, 0.2) is 36.8 Å². The van der Waals surface area contributed by atoms with E-state index in [1.165, 1.54) is 0 Å². The van der Waals surface area contributed by atoms with E-state index in [4.69, 9.17) is 0 Å². The molecule has 7 heteroatoms. The van der Waals surface area contributed by atoms with Crippen LogP contribution in [-0.4, -0.2) is 29.8 Å². The zero-order valence-corrected chi connectivity index (χ0v) is 12.1. The highest BCUT2D eigenvalue weighted by Crippen LogP contribution is 2.15. The maximum atomic E-state index is 4.17. The largest absolute Gasteiger partial charge is 0.379 e. The predicted octanol–water partition coefficient (Wildman–Crippen LogP) is 1.80. The highest BCUT2D eigenvalue weighted by molar-refractivity contribution is 5.51. The van der Waals surface area contributed by atoms with E-state index in [0.717, 1.165) is 36.0 Å². The second-order valence-corrected chi connectivity index (χ2v) is 4.71. The number of imidazole rings is 1. The van der Waals surface area contributed by atoms with Crippen LogP contribution in [0.2, 0.25) is 0 Å². The Kier molecular flexibility index (Phi) is 3.63. The third-order valence-corrected chi connectivity index (χ3v) is 3.33. The molecule has 0 saturated carbocycles. The van der Waals surface area contributed by atoms with Crippen molar-refractivity contribution in [1.29, 1.82) is 0 Å². The van der Waals surface area contributed by atoms with Gasteiger partial charge in [0.2, 0.25) is 0 Å². The lowest BCUT2D eigenvalue weighted by Gasteiger charge is -2.10. The molecule has 0 spiro atoms. The van der Waals surface area contributed by atoms with Crippen molar-refractivity contribution in [3.63, 3.8) is 0 Å². The minimum absolute atomic E-state index is 0.728. The number of hydrogen-bond acceptors (Lipinski definition) is 5. The Bertz CT molecular complexity index is 728. The van der Waals surface area contributed by atoms with Crippen molar-refractivity contribution >= 4 is 5.69 Å². The molecule has 0 aliphatic rings. The fourth-order valence-electron chi connectivity index (χ4n) is 2.19. The zero-order chi connectivity index (χ0) is 14.7. The van der Waals surface area contributed by atoms with Gasteiger partial charge in [-0.2, -0.15) is 4.68 Å². The van der Waals surface area contributed by atoms with Crippen LogP contribution in [0.3, 0.4) is 0 Å². The quantitative estimate of drug-likeness (QED) is 0.773. The van der Waals surface area contributed by atoms with Gasteiger partial charge in [-0.3, -0.25) is 0 Å². The predicted molar refractivity (Wildman–Crippen MR) is 79.1 cm³/mol. The molecule has 3 aromatic rings. The molecule has 0 aliphatic heterocycles. The van der Waals surface area contributed by atoms with Crippen LogP contribution in [-0.2, 0) is 13.1 Å². The molecule has 2 aromatic heterocycles. The van der Waals surface area contributed by atoms with Gasteiger partial charge in [0.15, 0.2) is 5.82 Å². The molecular weight excluding hydrogens is 266 g/mol. The molecule has 1 aromatic carbocycles. The van der Waals surface area contributed by atoms with Crippen molar-refractivity contribution in [2.75, 3.05) is 5.32 Å². The fraction of sp³-hybridized carbons (Fsp3) is 0.286. The Morgan fingerprint density at radius 3 is 2.95 bits per heavy atom. The minimum atomic E-state index is 0.728. The summed E-state index contributed by atoms with van der Waals surface area (Å²) in [5.74, 6) is 0.760. The maximum absolute atomic E-state index is 4.17. The first kappa shape index (κ1) is 13.3. The topological polar surface area (TPSA) is 73.5 Å². The lowest BCUT2D eigenvalue weighted by molar-refractivity contribution is 0.719. The normalized spacial score (nSPS) is 10.8. The van der Waals surface area contributed by atoms with E-state index in [1.54, 1.807) is 4.68 Å². The van der Waals surface area contributed by atoms with Crippen LogP contribution >= 0.6 is 0 Å². The van der Waals surface area contributed by atoms with E-state index in [9.17, 15) is 0 Å². The van der Waals surface area contributed by atoms with E-state index in [2.05, 4.69) is 37.3 Å². The Labute approximate surface area is 122 Å². The van der Waals surface area contributed by atoms with Crippen molar-refractivity contribution in [3.05, 3.63) is 48.3 Å². The van der Waals surface area contributed by atoms with Crippen molar-refractivity contribution in [2.24, 2.45) is 0 Å². The van der Waals surface area contributed by atoms with E-state index in [-0.39, 0.29) is 0 Å². The van der Waals surface area contributed by atoms with Gasteiger partial charge in [0.25, 0.3) is 0 Å². The number of nitrogens with zero attached hydrogens (tertiary/aromatic N) is 6. The van der Waals surface area contributed by atoms with Crippen LogP contribution < -0.4 is 5.32 Å². The Hall–Kier alpha value is -2.70. The molecule has 2 heterocycles. The molecule has 0 fully saturated rings. The number of aromatic nitrogens is 6. The summed E-state index contributed by atoms with van der Waals surface area (Å²) in [7, 11) is 0. The average molecular weight is 283 g/mol. The van der Waals surface area contributed by atoms with Gasteiger partial charge in [-0.05, 0) is 42.5 Å². The molecular formula is C14H17N7. The second kappa shape index (κ2) is 5.74. The molecule has 0 amide bonds. The summed E-state index contributed by atoms with van der Waals surface area (Å²) in [6, 6.07) is 8.01. The summed E-state index contributed by atoms with van der Waals surface area (Å²) >= 11 is 0. The molecule has 0 radical (unpaired) electrons. The average Bonchev–Trinajstić information content (AvgIpc) is 3.13. The summed E-state index contributed by atoms with van der Waals surface area (Å²) in [4.78, 5) is 4.17. The number of benzene rings is 1. The maximum Gasteiger partial charge on any atom is 0.153 e. The van der Waals surface area contributed by atoms with E-state index in [1.807, 2.05) is 43.7 Å². The molecule has 1 N–H and O–H groups in total. The molecule has 21 heavy (non-hydrogen) atoms. The number of aryl methyl sites for hydroxylation is 2. The number of anilines is 1. The molecule has 0 bridgehead atoms. The van der Waals surface area contributed by atoms with Gasteiger partial charge in [0, 0.05) is 18.4 Å². The first-order valence-electron chi connectivity index (χ1n) is 6.86. The summed E-state index contributed by atoms with van der Waals surface area (Å²) in [6.45, 7) is 5.62. The first-order chi connectivity index (χ1) is 10.3. The van der Waals surface area contributed by atoms with Gasteiger partial charge in [0.1, 0.15) is 0 Å². The molecule has 0 aliphatic carbocycles. The summed E-state index contributed by atoms with van der Waals surface area (Å²) < 4.78 is 3.82. The Morgan fingerprint density at radius 2 is 2.19 bits per heavy atom. The second-order valence-electron chi connectivity index (χ2n) is 4.71. The smallest absolute Gasteiger partial charge is 0.153 e. The number of hydrogen-bond donors (Lipinski definition) is 1. The van der Waals surface area contributed by atoms with Crippen LogP contribution in [0.1, 0.15) is 18.4 Å². The molecule has 0 atom stereocenters. The lowest BCUT2D eigenvalue weighted by atomic mass is 10.2. The van der Waals surface area contributed by atoms with Crippen molar-refractivity contribution in [1.82, 2.24) is 29.8 Å². The third-order valence-electron chi connectivity index (χ3n) is 3.33. The van der Waals surface area contributed by atoms with E-state index < -0.39 is 0 Å². The van der Waals surface area contributed by atoms with Crippen LogP contribution in [0, 0.1) is 6.92 Å². The molecule has 0 saturated heterocycles. The van der Waals surface area contributed by atoms with Crippen molar-refractivity contribution < 1.29 is 0 Å². The highest BCUT2D eigenvalue weighted by Gasteiger charge is 2.05. The fourth-order valence-corrected chi connectivity index (χ4v) is 2.19. The van der Waals surface area contributed by atoms with Crippen molar-refractivity contribution in [3.8, 4) is 5.69 Å². The van der Waals surface area contributed by atoms with Gasteiger partial charge in [-0.1, -0.05) is 6.07 Å². The van der Waals surface area contributed by atoms with Crippen LogP contribution in [0.25, 0.3) is 5.69 Å². The summed E-state index contributed by atoms with van der Waals surface area (Å²) in [5, 5.41) is 14.9. The zero-order valence-electron chi connectivity index (χ0n) is 12.1. The monoisotopic (exact) mass is 283 g/mol. The summed E-state index contributed by atoms with van der Waals surface area (Å²) in [5.41, 5.74) is 3.11. The third kappa shape index (κ3) is 2.76. The Balaban J connectivity index is 1.76. The number of nitrogens with one attached hydrogen (secondary N) is 1. The van der Waals surface area contributed by atoms with Gasteiger partial charge in [-0.25, -0.2) is 4.98 Å².